The van der Waals surface area contributed by atoms with Gasteiger partial charge >= 0.3 is 5.97 Å². The Labute approximate surface area is 127 Å². The molecule has 0 heterocycles. The van der Waals surface area contributed by atoms with Gasteiger partial charge in [0.15, 0.2) is 0 Å². The summed E-state index contributed by atoms with van der Waals surface area (Å²) in [6.07, 6.45) is 1.32. The van der Waals surface area contributed by atoms with Crippen molar-refractivity contribution in [2.75, 3.05) is 27.9 Å². The normalized spacial score (nSPS) is 12.1. The SMILES string of the molecule is COCCC(Cc1cc(C)c(OC)c(C)c1C)C(=O)OC. The molecule has 0 amide bonds. The second-order valence-electron chi connectivity index (χ2n) is 5.34. The topological polar surface area (TPSA) is 44.8 Å². The number of benzene rings is 1. The van der Waals surface area contributed by atoms with Gasteiger partial charge in [-0.15, -0.1) is 0 Å². The van der Waals surface area contributed by atoms with Crippen molar-refractivity contribution in [3.05, 3.63) is 28.3 Å². The molecule has 4 nitrogen and oxygen atoms in total. The van der Waals surface area contributed by atoms with Crippen molar-refractivity contribution in [3.63, 3.8) is 0 Å². The van der Waals surface area contributed by atoms with Crippen LogP contribution >= 0.6 is 0 Å². The van der Waals surface area contributed by atoms with Gasteiger partial charge in [-0.05, 0) is 55.9 Å². The molecule has 1 rings (SSSR count). The molecular weight excluding hydrogens is 268 g/mol. The highest BCUT2D eigenvalue weighted by Crippen LogP contribution is 2.30. The first kappa shape index (κ1) is 17.5. The summed E-state index contributed by atoms with van der Waals surface area (Å²) in [4.78, 5) is 11.9. The molecule has 0 radical (unpaired) electrons. The number of rotatable bonds is 7. The van der Waals surface area contributed by atoms with E-state index in [1.165, 1.54) is 12.7 Å². The maximum absolute atomic E-state index is 11.9. The van der Waals surface area contributed by atoms with Crippen LogP contribution in [0.2, 0.25) is 0 Å². The van der Waals surface area contributed by atoms with E-state index in [2.05, 4.69) is 13.0 Å². The van der Waals surface area contributed by atoms with Gasteiger partial charge in [-0.2, -0.15) is 0 Å². The van der Waals surface area contributed by atoms with Crippen molar-refractivity contribution in [2.45, 2.75) is 33.6 Å². The van der Waals surface area contributed by atoms with Crippen LogP contribution in [0.5, 0.6) is 5.75 Å². The van der Waals surface area contributed by atoms with E-state index in [9.17, 15) is 4.79 Å². The third kappa shape index (κ3) is 4.21. The molecule has 1 unspecified atom stereocenters. The van der Waals surface area contributed by atoms with Crippen LogP contribution in [-0.4, -0.2) is 33.9 Å². The first-order valence-corrected chi connectivity index (χ1v) is 7.16. The third-order valence-electron chi connectivity index (χ3n) is 4.01. The van der Waals surface area contributed by atoms with E-state index in [-0.39, 0.29) is 11.9 Å². The molecule has 0 aromatic heterocycles. The van der Waals surface area contributed by atoms with Crippen molar-refractivity contribution in [1.82, 2.24) is 0 Å². The number of aryl methyl sites for hydroxylation is 1. The first-order valence-electron chi connectivity index (χ1n) is 7.16. The molecule has 0 aliphatic heterocycles. The van der Waals surface area contributed by atoms with Gasteiger partial charge in [0.2, 0.25) is 0 Å². The van der Waals surface area contributed by atoms with Gasteiger partial charge in [-0.3, -0.25) is 4.79 Å². The van der Waals surface area contributed by atoms with Crippen LogP contribution in [0.1, 0.15) is 28.7 Å². The van der Waals surface area contributed by atoms with E-state index >= 15 is 0 Å². The minimum absolute atomic E-state index is 0.180. The molecule has 0 bridgehead atoms. The average Bonchev–Trinajstić information content (AvgIpc) is 2.48. The monoisotopic (exact) mass is 294 g/mol. The van der Waals surface area contributed by atoms with Crippen molar-refractivity contribution < 1.29 is 19.0 Å². The van der Waals surface area contributed by atoms with Gasteiger partial charge in [0.25, 0.3) is 0 Å². The summed E-state index contributed by atoms with van der Waals surface area (Å²) in [6, 6.07) is 2.10. The van der Waals surface area contributed by atoms with Crippen LogP contribution in [0.25, 0.3) is 0 Å². The van der Waals surface area contributed by atoms with Gasteiger partial charge in [-0.25, -0.2) is 0 Å². The molecule has 0 N–H and O–H groups in total. The molecule has 0 saturated heterocycles. The largest absolute Gasteiger partial charge is 0.496 e. The maximum atomic E-state index is 11.9. The first-order chi connectivity index (χ1) is 9.96. The average molecular weight is 294 g/mol. The molecule has 0 fully saturated rings. The van der Waals surface area contributed by atoms with Crippen LogP contribution in [0, 0.1) is 26.7 Å². The number of methoxy groups -OCH3 is 3. The molecule has 0 saturated carbocycles. The van der Waals surface area contributed by atoms with Crippen LogP contribution in [0.15, 0.2) is 6.07 Å². The number of hydrogen-bond acceptors (Lipinski definition) is 4. The van der Waals surface area contributed by atoms with Gasteiger partial charge in [0, 0.05) is 13.7 Å². The second kappa shape index (κ2) is 8.03. The number of carbonyl (C=O) groups excluding carboxylic acids is 1. The van der Waals surface area contributed by atoms with E-state index in [0.29, 0.717) is 19.4 Å². The van der Waals surface area contributed by atoms with Gasteiger partial charge in [-0.1, -0.05) is 6.07 Å². The zero-order chi connectivity index (χ0) is 16.0. The molecule has 118 valence electrons. The molecule has 0 aliphatic rings. The fraction of sp³-hybridized carbons (Fsp3) is 0.588. The predicted molar refractivity (Wildman–Crippen MR) is 82.9 cm³/mol. The second-order valence-corrected chi connectivity index (χ2v) is 5.34. The molecule has 0 spiro atoms. The molecule has 4 heteroatoms. The highest BCUT2D eigenvalue weighted by Gasteiger charge is 2.21. The number of ether oxygens (including phenoxy) is 3. The molecule has 1 atom stereocenters. The van der Waals surface area contributed by atoms with Gasteiger partial charge in [0.05, 0.1) is 20.1 Å². The van der Waals surface area contributed by atoms with Crippen LogP contribution in [-0.2, 0) is 20.7 Å². The molecule has 1 aromatic rings. The Kier molecular flexibility index (Phi) is 6.69. The summed E-state index contributed by atoms with van der Waals surface area (Å²) in [5, 5.41) is 0. The van der Waals surface area contributed by atoms with Crippen LogP contribution < -0.4 is 4.74 Å². The quantitative estimate of drug-likeness (QED) is 0.725. The Hall–Kier alpha value is -1.55. The van der Waals surface area contributed by atoms with Crippen molar-refractivity contribution in [3.8, 4) is 5.75 Å². The summed E-state index contributed by atoms with van der Waals surface area (Å²) in [5.41, 5.74) is 4.55. The lowest BCUT2D eigenvalue weighted by atomic mass is 9.90. The number of carbonyl (C=O) groups is 1. The van der Waals surface area contributed by atoms with E-state index < -0.39 is 0 Å². The molecule has 1 aromatic carbocycles. The van der Waals surface area contributed by atoms with E-state index in [1.807, 2.05) is 13.8 Å². The Morgan fingerprint density at radius 2 is 1.81 bits per heavy atom. The minimum Gasteiger partial charge on any atom is -0.496 e. The van der Waals surface area contributed by atoms with E-state index in [1.54, 1.807) is 14.2 Å². The van der Waals surface area contributed by atoms with Gasteiger partial charge in [0.1, 0.15) is 5.75 Å². The lowest BCUT2D eigenvalue weighted by molar-refractivity contribution is -0.146. The Morgan fingerprint density at radius 3 is 2.33 bits per heavy atom. The highest BCUT2D eigenvalue weighted by molar-refractivity contribution is 5.72. The molecular formula is C17H26O4. The van der Waals surface area contributed by atoms with Gasteiger partial charge < -0.3 is 14.2 Å². The Balaban J connectivity index is 3.06. The summed E-state index contributed by atoms with van der Waals surface area (Å²) >= 11 is 0. The standard InChI is InChI=1S/C17H26O4/c1-11-9-15(12(2)13(3)16(11)20-5)10-14(7-8-19-4)17(18)21-6/h9,14H,7-8,10H2,1-6H3. The summed E-state index contributed by atoms with van der Waals surface area (Å²) in [5.74, 6) is 0.557. The number of hydrogen-bond donors (Lipinski definition) is 0. The van der Waals surface area contributed by atoms with Crippen molar-refractivity contribution in [1.29, 1.82) is 0 Å². The maximum Gasteiger partial charge on any atom is 0.309 e. The fourth-order valence-electron chi connectivity index (χ4n) is 2.66. The minimum atomic E-state index is -0.183. The Morgan fingerprint density at radius 1 is 1.14 bits per heavy atom. The lowest BCUT2D eigenvalue weighted by Crippen LogP contribution is -2.21. The summed E-state index contributed by atoms with van der Waals surface area (Å²) in [7, 11) is 4.76. The van der Waals surface area contributed by atoms with Crippen molar-refractivity contribution >= 4 is 5.97 Å². The third-order valence-corrected chi connectivity index (χ3v) is 4.01. The highest BCUT2D eigenvalue weighted by atomic mass is 16.5. The van der Waals surface area contributed by atoms with Crippen LogP contribution in [0.3, 0.4) is 0 Å². The zero-order valence-electron chi connectivity index (χ0n) is 13.9. The predicted octanol–water partition coefficient (Wildman–Crippen LogP) is 2.99. The smallest absolute Gasteiger partial charge is 0.309 e. The van der Waals surface area contributed by atoms with E-state index in [0.717, 1.165) is 22.4 Å². The zero-order valence-corrected chi connectivity index (χ0v) is 13.9. The van der Waals surface area contributed by atoms with E-state index in [4.69, 9.17) is 14.2 Å². The molecule has 0 aliphatic carbocycles. The van der Waals surface area contributed by atoms with Crippen LogP contribution in [0.4, 0.5) is 0 Å². The van der Waals surface area contributed by atoms with Crippen molar-refractivity contribution in [2.24, 2.45) is 5.92 Å². The summed E-state index contributed by atoms with van der Waals surface area (Å²) < 4.78 is 15.4. The lowest BCUT2D eigenvalue weighted by Gasteiger charge is -2.19. The summed E-state index contributed by atoms with van der Waals surface area (Å²) in [6.45, 7) is 6.69. The fourth-order valence-corrected chi connectivity index (χ4v) is 2.66. The number of esters is 1. The Bertz CT molecular complexity index is 494. The molecule has 21 heavy (non-hydrogen) atoms.